The van der Waals surface area contributed by atoms with Gasteiger partial charge in [-0.3, -0.25) is 4.57 Å². The number of piperazine rings is 1. The first kappa shape index (κ1) is 24.4. The summed E-state index contributed by atoms with van der Waals surface area (Å²) in [4.78, 5) is 28.4. The molecule has 0 radical (unpaired) electrons. The number of benzene rings is 3. The van der Waals surface area contributed by atoms with Gasteiger partial charge in [0.15, 0.2) is 0 Å². The minimum atomic E-state index is -0.100. The molecule has 3 heterocycles. The maximum Gasteiger partial charge on any atom is 0.326 e. The van der Waals surface area contributed by atoms with Crippen molar-refractivity contribution in [1.82, 2.24) is 24.3 Å². The van der Waals surface area contributed by atoms with Gasteiger partial charge in [-0.15, -0.1) is 0 Å². The molecule has 1 aliphatic rings. The molecule has 0 atom stereocenters. The van der Waals surface area contributed by atoms with Crippen LogP contribution in [0.25, 0.3) is 44.3 Å². The molecule has 1 fully saturated rings. The minimum Gasteiger partial charge on any atom is -0.369 e. The van der Waals surface area contributed by atoms with Crippen molar-refractivity contribution in [2.45, 2.75) is 6.54 Å². The van der Waals surface area contributed by atoms with Crippen molar-refractivity contribution in [3.05, 3.63) is 83.3 Å². The van der Waals surface area contributed by atoms with E-state index < -0.39 is 0 Å². The van der Waals surface area contributed by atoms with Gasteiger partial charge < -0.3 is 19.7 Å². The van der Waals surface area contributed by atoms with Gasteiger partial charge in [0.25, 0.3) is 0 Å². The van der Waals surface area contributed by atoms with Gasteiger partial charge in [-0.05, 0) is 56.5 Å². The smallest absolute Gasteiger partial charge is 0.326 e. The van der Waals surface area contributed by atoms with E-state index in [0.717, 1.165) is 77.0 Å². The summed E-state index contributed by atoms with van der Waals surface area (Å²) in [5, 5.41) is 0.983. The van der Waals surface area contributed by atoms with E-state index in [1.807, 2.05) is 36.9 Å². The van der Waals surface area contributed by atoms with E-state index in [1.165, 1.54) is 5.69 Å². The lowest BCUT2D eigenvalue weighted by Gasteiger charge is -2.34. The Balaban J connectivity index is 1.50. The highest BCUT2D eigenvalue weighted by molar-refractivity contribution is 6.08. The van der Waals surface area contributed by atoms with Crippen molar-refractivity contribution in [2.24, 2.45) is 0 Å². The topological polar surface area (TPSA) is 60.4 Å². The summed E-state index contributed by atoms with van der Waals surface area (Å²) in [7, 11) is 6.23. The van der Waals surface area contributed by atoms with Gasteiger partial charge in [0, 0.05) is 55.9 Å². The predicted molar refractivity (Wildman–Crippen MR) is 157 cm³/mol. The lowest BCUT2D eigenvalue weighted by molar-refractivity contribution is 0.313. The zero-order chi connectivity index (χ0) is 26.2. The molecule has 38 heavy (non-hydrogen) atoms. The number of fused-ring (bicyclic) bond motifs is 3. The van der Waals surface area contributed by atoms with Crippen molar-refractivity contribution in [3.8, 4) is 22.4 Å². The summed E-state index contributed by atoms with van der Waals surface area (Å²) in [6.07, 6.45) is 0. The van der Waals surface area contributed by atoms with Crippen LogP contribution in [0.5, 0.6) is 0 Å². The van der Waals surface area contributed by atoms with Gasteiger partial charge in [0.05, 0.1) is 22.2 Å². The lowest BCUT2D eigenvalue weighted by atomic mass is 10.0. The number of nitrogens with one attached hydrogen (secondary N) is 1. The molecule has 0 bridgehead atoms. The molecule has 1 aliphatic heterocycles. The van der Waals surface area contributed by atoms with Crippen molar-refractivity contribution >= 4 is 27.6 Å². The number of hydrogen-bond acceptors (Lipinski definition) is 5. The number of pyridine rings is 1. The molecule has 2 aromatic heterocycles. The summed E-state index contributed by atoms with van der Waals surface area (Å²) in [5.74, 6) is 0. The minimum absolute atomic E-state index is 0.100. The molecule has 0 aliphatic carbocycles. The largest absolute Gasteiger partial charge is 0.369 e. The van der Waals surface area contributed by atoms with Crippen LogP contribution in [-0.4, -0.2) is 78.2 Å². The Labute approximate surface area is 222 Å². The van der Waals surface area contributed by atoms with Crippen molar-refractivity contribution < 1.29 is 0 Å². The normalized spacial score (nSPS) is 14.7. The lowest BCUT2D eigenvalue weighted by Crippen LogP contribution is -2.44. The SMILES string of the molecule is CN(C)CCn1c(=O)[nH]c2c(-c3ccc(N4CCN(C)CC4)cc3)nc3ccc(-c4ccccc4)cc3c21. The summed E-state index contributed by atoms with van der Waals surface area (Å²) in [6.45, 7) is 5.56. The number of imidazole rings is 1. The molecule has 1 N–H and O–H groups in total. The maximum absolute atomic E-state index is 13.3. The second-order valence-corrected chi connectivity index (χ2v) is 10.5. The quantitative estimate of drug-likeness (QED) is 0.367. The molecule has 5 aromatic rings. The molecule has 194 valence electrons. The molecular formula is C31H34N6O. The molecular weight excluding hydrogens is 472 g/mol. The number of hydrogen-bond donors (Lipinski definition) is 1. The molecule has 7 nitrogen and oxygen atoms in total. The van der Waals surface area contributed by atoms with E-state index in [2.05, 4.69) is 81.3 Å². The molecule has 0 amide bonds. The summed E-state index contributed by atoms with van der Waals surface area (Å²) >= 11 is 0. The number of H-pyrrole nitrogens is 1. The Morgan fingerprint density at radius 1 is 0.868 bits per heavy atom. The molecule has 3 aromatic carbocycles. The Kier molecular flexibility index (Phi) is 6.47. The fraction of sp³-hybridized carbons (Fsp3) is 0.290. The van der Waals surface area contributed by atoms with Crippen LogP contribution in [-0.2, 0) is 6.54 Å². The third kappa shape index (κ3) is 4.59. The van der Waals surface area contributed by atoms with Gasteiger partial charge in [0.1, 0.15) is 0 Å². The van der Waals surface area contributed by atoms with Gasteiger partial charge >= 0.3 is 5.69 Å². The first-order chi connectivity index (χ1) is 18.5. The molecule has 6 rings (SSSR count). The number of nitrogens with zero attached hydrogens (tertiary/aromatic N) is 5. The molecule has 7 heteroatoms. The van der Waals surface area contributed by atoms with E-state index in [9.17, 15) is 4.79 Å². The number of rotatable bonds is 6. The van der Waals surface area contributed by atoms with Crippen LogP contribution >= 0.6 is 0 Å². The third-order valence-corrected chi connectivity index (χ3v) is 7.59. The molecule has 0 spiro atoms. The highest BCUT2D eigenvalue weighted by atomic mass is 16.1. The van der Waals surface area contributed by atoms with Crippen LogP contribution in [0.2, 0.25) is 0 Å². The van der Waals surface area contributed by atoms with Crippen molar-refractivity contribution in [2.75, 3.05) is 58.8 Å². The van der Waals surface area contributed by atoms with Crippen LogP contribution in [0.4, 0.5) is 5.69 Å². The van der Waals surface area contributed by atoms with E-state index in [1.54, 1.807) is 0 Å². The predicted octanol–water partition coefficient (Wildman–Crippen LogP) is 4.53. The number of aromatic nitrogens is 3. The molecule has 0 unspecified atom stereocenters. The first-order valence-corrected chi connectivity index (χ1v) is 13.3. The molecule has 1 saturated heterocycles. The third-order valence-electron chi connectivity index (χ3n) is 7.59. The fourth-order valence-electron chi connectivity index (χ4n) is 5.35. The summed E-state index contributed by atoms with van der Waals surface area (Å²) in [5.41, 5.74) is 7.78. The van der Waals surface area contributed by atoms with Crippen LogP contribution in [0, 0.1) is 0 Å². The van der Waals surface area contributed by atoms with Crippen molar-refractivity contribution in [3.63, 3.8) is 0 Å². The average molecular weight is 507 g/mol. The highest BCUT2D eigenvalue weighted by Crippen LogP contribution is 2.34. The van der Waals surface area contributed by atoms with Crippen LogP contribution in [0.3, 0.4) is 0 Å². The zero-order valence-corrected chi connectivity index (χ0v) is 22.3. The Hall–Kier alpha value is -3.94. The van der Waals surface area contributed by atoms with E-state index in [4.69, 9.17) is 4.98 Å². The zero-order valence-electron chi connectivity index (χ0n) is 22.3. The number of anilines is 1. The monoisotopic (exact) mass is 506 g/mol. The van der Waals surface area contributed by atoms with E-state index in [0.29, 0.717) is 6.54 Å². The second-order valence-electron chi connectivity index (χ2n) is 10.5. The molecule has 0 saturated carbocycles. The summed E-state index contributed by atoms with van der Waals surface area (Å²) in [6, 6.07) is 25.3. The Bertz CT molecular complexity index is 1630. The summed E-state index contributed by atoms with van der Waals surface area (Å²) < 4.78 is 1.87. The van der Waals surface area contributed by atoms with Crippen LogP contribution in [0.15, 0.2) is 77.6 Å². The number of aromatic amines is 1. The van der Waals surface area contributed by atoms with Crippen LogP contribution < -0.4 is 10.6 Å². The Morgan fingerprint density at radius 2 is 1.58 bits per heavy atom. The highest BCUT2D eigenvalue weighted by Gasteiger charge is 2.19. The van der Waals surface area contributed by atoms with Crippen LogP contribution in [0.1, 0.15) is 0 Å². The van der Waals surface area contributed by atoms with Crippen molar-refractivity contribution in [1.29, 1.82) is 0 Å². The average Bonchev–Trinajstić information content (AvgIpc) is 3.28. The maximum atomic E-state index is 13.3. The first-order valence-electron chi connectivity index (χ1n) is 13.3. The Morgan fingerprint density at radius 3 is 2.29 bits per heavy atom. The van der Waals surface area contributed by atoms with Gasteiger partial charge in [-0.25, -0.2) is 9.78 Å². The fourth-order valence-corrected chi connectivity index (χ4v) is 5.35. The van der Waals surface area contributed by atoms with Gasteiger partial charge in [-0.1, -0.05) is 48.5 Å². The van der Waals surface area contributed by atoms with E-state index in [-0.39, 0.29) is 5.69 Å². The van der Waals surface area contributed by atoms with E-state index >= 15 is 0 Å². The standard InChI is InChI=1S/C31H34N6O/c1-34(2)15-20-37-30-26-21-24(22-7-5-4-6-8-22)11-14-27(26)32-28(29(30)33-31(37)38)23-9-12-25(13-10-23)36-18-16-35(3)17-19-36/h4-14,21H,15-20H2,1-3H3,(H,33,38). The van der Waals surface area contributed by atoms with Gasteiger partial charge in [0.2, 0.25) is 0 Å². The number of likely N-dealkylation sites (N-methyl/N-ethyl adjacent to an activating group) is 2. The second kappa shape index (κ2) is 10.1. The van der Waals surface area contributed by atoms with Gasteiger partial charge in [-0.2, -0.15) is 0 Å².